The molecule has 0 aliphatic heterocycles. The second kappa shape index (κ2) is 10.6. The number of ketones is 1. The highest BCUT2D eigenvalue weighted by Gasteiger charge is 2.24. The lowest BCUT2D eigenvalue weighted by Gasteiger charge is -2.14. The zero-order valence-electron chi connectivity index (χ0n) is 19.5. The average molecular weight is 573 g/mol. The summed E-state index contributed by atoms with van der Waals surface area (Å²) in [5.74, 6) is -1.87. The lowest BCUT2D eigenvalue weighted by molar-refractivity contribution is -0.143. The number of para-hydroxylation sites is 1. The SMILES string of the molecule is N#Cc1ccc(-n2c(Br)cnc2SCC(=O)CC(Cc2c[nH]c3ccccc23)C(=O)O)c2ccccc12. The smallest absolute Gasteiger partial charge is 0.307 e. The van der Waals surface area contributed by atoms with E-state index < -0.39 is 11.9 Å². The van der Waals surface area contributed by atoms with Crippen LogP contribution in [0.2, 0.25) is 0 Å². The molecule has 0 saturated heterocycles. The van der Waals surface area contributed by atoms with E-state index in [1.165, 1.54) is 11.8 Å². The minimum absolute atomic E-state index is 0.0660. The molecule has 184 valence electrons. The van der Waals surface area contributed by atoms with Crippen molar-refractivity contribution in [1.29, 1.82) is 5.26 Å². The Morgan fingerprint density at radius 3 is 2.57 bits per heavy atom. The number of aromatic amines is 1. The van der Waals surface area contributed by atoms with Crippen molar-refractivity contribution in [3.8, 4) is 11.8 Å². The monoisotopic (exact) mass is 572 g/mol. The van der Waals surface area contributed by atoms with E-state index in [0.717, 1.165) is 32.9 Å². The maximum atomic E-state index is 12.9. The van der Waals surface area contributed by atoms with Crippen LogP contribution >= 0.6 is 27.7 Å². The molecular weight excluding hydrogens is 552 g/mol. The highest BCUT2D eigenvalue weighted by molar-refractivity contribution is 9.10. The summed E-state index contributed by atoms with van der Waals surface area (Å²) in [5, 5.41) is 22.6. The molecule has 2 N–H and O–H groups in total. The molecule has 0 radical (unpaired) electrons. The molecule has 3 aromatic carbocycles. The number of carboxylic acids is 1. The Bertz CT molecular complexity index is 1680. The molecule has 1 unspecified atom stereocenters. The number of carbonyl (C=O) groups excluding carboxylic acids is 1. The molecule has 5 rings (SSSR count). The van der Waals surface area contributed by atoms with Gasteiger partial charge in [0.05, 0.1) is 35.2 Å². The van der Waals surface area contributed by atoms with Gasteiger partial charge >= 0.3 is 5.97 Å². The summed E-state index contributed by atoms with van der Waals surface area (Å²) < 4.78 is 2.60. The predicted molar refractivity (Wildman–Crippen MR) is 147 cm³/mol. The summed E-state index contributed by atoms with van der Waals surface area (Å²) in [4.78, 5) is 32.5. The maximum absolute atomic E-state index is 12.9. The summed E-state index contributed by atoms with van der Waals surface area (Å²) >= 11 is 4.81. The Balaban J connectivity index is 1.33. The van der Waals surface area contributed by atoms with Gasteiger partial charge in [-0.15, -0.1) is 0 Å². The first kappa shape index (κ1) is 24.8. The van der Waals surface area contributed by atoms with Gasteiger partial charge < -0.3 is 10.1 Å². The molecule has 0 bridgehead atoms. The standard InChI is InChI=1S/C28H21BrN4O3S/c29-26-15-32-28(33(26)25-10-9-17(13-30)21-5-1-2-7-23(21)25)37-16-20(34)12-18(27(35)36)11-19-14-31-24-8-4-3-6-22(19)24/h1-10,14-15,18,31H,11-12,16H2,(H,35,36). The Morgan fingerprint density at radius 1 is 1.08 bits per heavy atom. The van der Waals surface area contributed by atoms with Crippen molar-refractivity contribution in [3.05, 3.63) is 88.8 Å². The van der Waals surface area contributed by atoms with Gasteiger partial charge in [-0.1, -0.05) is 54.2 Å². The fourth-order valence-corrected chi connectivity index (χ4v) is 5.94. The van der Waals surface area contributed by atoms with Gasteiger partial charge in [0, 0.05) is 34.3 Å². The van der Waals surface area contributed by atoms with Crippen molar-refractivity contribution < 1.29 is 14.7 Å². The van der Waals surface area contributed by atoms with Crippen LogP contribution in [0.1, 0.15) is 17.5 Å². The van der Waals surface area contributed by atoms with Crippen molar-refractivity contribution >= 4 is 61.1 Å². The first-order chi connectivity index (χ1) is 18.0. The number of rotatable bonds is 9. The first-order valence-electron chi connectivity index (χ1n) is 11.5. The van der Waals surface area contributed by atoms with Gasteiger partial charge in [-0.05, 0) is 46.1 Å². The van der Waals surface area contributed by atoms with E-state index in [-0.39, 0.29) is 24.4 Å². The second-order valence-electron chi connectivity index (χ2n) is 8.62. The molecule has 5 aromatic rings. The van der Waals surface area contributed by atoms with Gasteiger partial charge in [0.15, 0.2) is 5.16 Å². The third-order valence-corrected chi connectivity index (χ3v) is 7.85. The number of hydrogen-bond acceptors (Lipinski definition) is 5. The Hall–Kier alpha value is -3.87. The van der Waals surface area contributed by atoms with Crippen LogP contribution < -0.4 is 0 Å². The van der Waals surface area contributed by atoms with E-state index in [0.29, 0.717) is 15.3 Å². The van der Waals surface area contributed by atoms with Crippen LogP contribution in [-0.4, -0.2) is 37.1 Å². The molecule has 0 amide bonds. The molecule has 7 nitrogen and oxygen atoms in total. The first-order valence-corrected chi connectivity index (χ1v) is 13.3. The number of H-pyrrole nitrogens is 1. The average Bonchev–Trinajstić information content (AvgIpc) is 3.49. The summed E-state index contributed by atoms with van der Waals surface area (Å²) in [5.41, 5.74) is 3.23. The summed E-state index contributed by atoms with van der Waals surface area (Å²) in [6.45, 7) is 0. The largest absolute Gasteiger partial charge is 0.481 e. The molecule has 2 aromatic heterocycles. The quantitative estimate of drug-likeness (QED) is 0.205. The van der Waals surface area contributed by atoms with Crippen molar-refractivity contribution in [3.63, 3.8) is 0 Å². The molecule has 9 heteroatoms. The molecule has 1 atom stereocenters. The van der Waals surface area contributed by atoms with Gasteiger partial charge in [-0.2, -0.15) is 5.26 Å². The molecule has 0 aliphatic rings. The van der Waals surface area contributed by atoms with Crippen LogP contribution in [0.4, 0.5) is 0 Å². The minimum atomic E-state index is -0.989. The van der Waals surface area contributed by atoms with Crippen LogP contribution in [0.3, 0.4) is 0 Å². The number of Topliss-reactive ketones (excluding diaryl/α,β-unsaturated/α-hetero) is 1. The fraction of sp³-hybridized carbons (Fsp3) is 0.143. The number of nitrogens with zero attached hydrogens (tertiary/aromatic N) is 3. The number of carboxylic acid groups (broad SMARTS) is 1. The lowest BCUT2D eigenvalue weighted by atomic mass is 9.94. The predicted octanol–water partition coefficient (Wildman–Crippen LogP) is 6.14. The third kappa shape index (κ3) is 5.03. The molecule has 0 aliphatic carbocycles. The van der Waals surface area contributed by atoms with Crippen molar-refractivity contribution in [2.45, 2.75) is 18.0 Å². The summed E-state index contributed by atoms with van der Waals surface area (Å²) in [6.07, 6.45) is 3.68. The summed E-state index contributed by atoms with van der Waals surface area (Å²) in [6, 6.07) is 21.2. The molecular formula is C28H21BrN4O3S. The number of aromatic nitrogens is 3. The number of fused-ring (bicyclic) bond motifs is 2. The highest BCUT2D eigenvalue weighted by atomic mass is 79.9. The Morgan fingerprint density at radius 2 is 1.81 bits per heavy atom. The van der Waals surface area contributed by atoms with Crippen molar-refractivity contribution in [2.75, 3.05) is 5.75 Å². The fourth-order valence-electron chi connectivity index (χ4n) is 4.50. The van der Waals surface area contributed by atoms with Crippen LogP contribution in [0.25, 0.3) is 27.4 Å². The molecule has 0 saturated carbocycles. The number of thioether (sulfide) groups is 1. The number of carbonyl (C=O) groups is 2. The van der Waals surface area contributed by atoms with E-state index in [1.54, 1.807) is 12.3 Å². The Labute approximate surface area is 225 Å². The van der Waals surface area contributed by atoms with Gasteiger partial charge in [-0.25, -0.2) is 4.98 Å². The van der Waals surface area contributed by atoms with E-state index in [9.17, 15) is 20.0 Å². The summed E-state index contributed by atoms with van der Waals surface area (Å²) in [7, 11) is 0. The van der Waals surface area contributed by atoms with Crippen LogP contribution in [-0.2, 0) is 16.0 Å². The van der Waals surface area contributed by atoms with E-state index >= 15 is 0 Å². The molecule has 0 fully saturated rings. The molecule has 37 heavy (non-hydrogen) atoms. The number of hydrogen-bond donors (Lipinski definition) is 2. The number of nitriles is 1. The number of benzene rings is 3. The van der Waals surface area contributed by atoms with Crippen LogP contribution in [0.15, 0.2) is 82.8 Å². The van der Waals surface area contributed by atoms with Crippen molar-refractivity contribution in [1.82, 2.24) is 14.5 Å². The Kier molecular flexibility index (Phi) is 7.12. The van der Waals surface area contributed by atoms with E-state index in [4.69, 9.17) is 0 Å². The maximum Gasteiger partial charge on any atom is 0.307 e. The minimum Gasteiger partial charge on any atom is -0.481 e. The number of halogens is 1. The number of aliphatic carboxylic acids is 1. The third-order valence-electron chi connectivity index (χ3n) is 6.28. The zero-order chi connectivity index (χ0) is 25.9. The topological polar surface area (TPSA) is 112 Å². The van der Waals surface area contributed by atoms with Gasteiger partial charge in [-0.3, -0.25) is 14.2 Å². The molecule has 0 spiro atoms. The number of imidazole rings is 1. The number of nitrogens with one attached hydrogen (secondary N) is 1. The second-order valence-corrected chi connectivity index (χ2v) is 10.4. The lowest BCUT2D eigenvalue weighted by Crippen LogP contribution is -2.21. The van der Waals surface area contributed by atoms with E-state index in [2.05, 4.69) is 32.0 Å². The highest BCUT2D eigenvalue weighted by Crippen LogP contribution is 2.32. The van der Waals surface area contributed by atoms with Gasteiger partial charge in [0.1, 0.15) is 10.4 Å². The van der Waals surface area contributed by atoms with E-state index in [1.807, 2.05) is 65.4 Å². The van der Waals surface area contributed by atoms with Gasteiger partial charge in [0.25, 0.3) is 0 Å². The van der Waals surface area contributed by atoms with Crippen molar-refractivity contribution in [2.24, 2.45) is 5.92 Å². The zero-order valence-corrected chi connectivity index (χ0v) is 21.9. The van der Waals surface area contributed by atoms with Crippen LogP contribution in [0.5, 0.6) is 0 Å². The molecule has 2 heterocycles. The van der Waals surface area contributed by atoms with Gasteiger partial charge in [0.2, 0.25) is 0 Å². The normalized spacial score (nSPS) is 12.0. The van der Waals surface area contributed by atoms with Crippen LogP contribution in [0, 0.1) is 17.2 Å².